The predicted octanol–water partition coefficient (Wildman–Crippen LogP) is 4.38. The Kier molecular flexibility index (Phi) is 5.69. The molecule has 1 heterocycles. The van der Waals surface area contributed by atoms with Gasteiger partial charge in [-0.1, -0.05) is 37.3 Å². The summed E-state index contributed by atoms with van der Waals surface area (Å²) in [5.74, 6) is 0. The van der Waals surface area contributed by atoms with Gasteiger partial charge in [-0.2, -0.15) is 0 Å². The maximum absolute atomic E-state index is 12.2. The minimum absolute atomic E-state index is 0.131. The summed E-state index contributed by atoms with van der Waals surface area (Å²) in [4.78, 5) is 14.0. The van der Waals surface area contributed by atoms with Gasteiger partial charge in [0.25, 0.3) is 0 Å². The Balaban J connectivity index is 1.88. The predicted molar refractivity (Wildman–Crippen MR) is 91.3 cm³/mol. The van der Waals surface area contributed by atoms with Gasteiger partial charge in [0, 0.05) is 13.1 Å². The van der Waals surface area contributed by atoms with Gasteiger partial charge in [-0.3, -0.25) is 0 Å². The van der Waals surface area contributed by atoms with Crippen molar-refractivity contribution in [1.82, 2.24) is 4.90 Å². The SMILES string of the molecule is CCC1(OCc2ccccc2)CCN(C(=O)OC(C)(C)C)CC1. The van der Waals surface area contributed by atoms with Crippen molar-refractivity contribution in [2.45, 2.75) is 64.8 Å². The average Bonchev–Trinajstić information content (AvgIpc) is 2.53. The highest BCUT2D eigenvalue weighted by Crippen LogP contribution is 2.31. The maximum atomic E-state index is 12.2. The number of amides is 1. The lowest BCUT2D eigenvalue weighted by Crippen LogP contribution is -2.49. The van der Waals surface area contributed by atoms with Crippen molar-refractivity contribution in [3.8, 4) is 0 Å². The van der Waals surface area contributed by atoms with Crippen LogP contribution in [0.3, 0.4) is 0 Å². The first-order valence-corrected chi connectivity index (χ1v) is 8.49. The number of rotatable bonds is 4. The Morgan fingerprint density at radius 2 is 1.78 bits per heavy atom. The number of carbonyl (C=O) groups excluding carboxylic acids is 1. The highest BCUT2D eigenvalue weighted by molar-refractivity contribution is 5.68. The van der Waals surface area contributed by atoms with Crippen LogP contribution in [0.5, 0.6) is 0 Å². The fourth-order valence-electron chi connectivity index (χ4n) is 2.83. The molecule has 0 aliphatic carbocycles. The Bertz CT molecular complexity index is 499. The van der Waals surface area contributed by atoms with E-state index in [1.807, 2.05) is 39.0 Å². The van der Waals surface area contributed by atoms with Crippen molar-refractivity contribution < 1.29 is 14.3 Å². The van der Waals surface area contributed by atoms with Crippen LogP contribution in [-0.4, -0.2) is 35.3 Å². The molecule has 1 aromatic carbocycles. The Morgan fingerprint density at radius 1 is 1.17 bits per heavy atom. The van der Waals surface area contributed by atoms with Crippen LogP contribution in [-0.2, 0) is 16.1 Å². The number of nitrogens with zero attached hydrogens (tertiary/aromatic N) is 1. The molecule has 1 saturated heterocycles. The molecule has 1 fully saturated rings. The summed E-state index contributed by atoms with van der Waals surface area (Å²) < 4.78 is 11.7. The molecular formula is C19H29NO3. The molecule has 128 valence electrons. The van der Waals surface area contributed by atoms with Crippen LogP contribution < -0.4 is 0 Å². The summed E-state index contributed by atoms with van der Waals surface area (Å²) in [6.45, 7) is 9.86. The van der Waals surface area contributed by atoms with Crippen LogP contribution in [0, 0.1) is 0 Å². The van der Waals surface area contributed by atoms with E-state index in [1.54, 1.807) is 4.90 Å². The van der Waals surface area contributed by atoms with Crippen molar-refractivity contribution in [2.75, 3.05) is 13.1 Å². The fourth-order valence-corrected chi connectivity index (χ4v) is 2.83. The molecule has 0 saturated carbocycles. The summed E-state index contributed by atoms with van der Waals surface area (Å²) in [6, 6.07) is 10.2. The van der Waals surface area contributed by atoms with Gasteiger partial charge in [0.1, 0.15) is 5.60 Å². The number of hydrogen-bond donors (Lipinski definition) is 0. The third-order valence-corrected chi connectivity index (χ3v) is 4.36. The van der Waals surface area contributed by atoms with E-state index in [9.17, 15) is 4.79 Å². The van der Waals surface area contributed by atoms with E-state index in [0.717, 1.165) is 19.3 Å². The van der Waals surface area contributed by atoms with Gasteiger partial charge in [-0.25, -0.2) is 4.79 Å². The molecule has 1 aliphatic rings. The largest absolute Gasteiger partial charge is 0.444 e. The van der Waals surface area contributed by atoms with Gasteiger partial charge in [0.2, 0.25) is 0 Å². The number of hydrogen-bond acceptors (Lipinski definition) is 3. The van der Waals surface area contributed by atoms with Gasteiger partial charge in [0.15, 0.2) is 0 Å². The third kappa shape index (κ3) is 5.24. The zero-order valence-electron chi connectivity index (χ0n) is 14.8. The third-order valence-electron chi connectivity index (χ3n) is 4.36. The molecule has 0 atom stereocenters. The first-order chi connectivity index (χ1) is 10.8. The van der Waals surface area contributed by atoms with E-state index in [1.165, 1.54) is 5.56 Å². The van der Waals surface area contributed by atoms with E-state index < -0.39 is 5.60 Å². The molecule has 0 spiro atoms. The molecule has 0 radical (unpaired) electrons. The highest BCUT2D eigenvalue weighted by Gasteiger charge is 2.36. The topological polar surface area (TPSA) is 38.8 Å². The van der Waals surface area contributed by atoms with Crippen LogP contribution >= 0.6 is 0 Å². The molecule has 0 bridgehead atoms. The summed E-state index contributed by atoms with van der Waals surface area (Å²) in [5.41, 5.74) is 0.615. The lowest BCUT2D eigenvalue weighted by molar-refractivity contribution is -0.0954. The molecule has 0 N–H and O–H groups in total. The minimum atomic E-state index is -0.444. The Hall–Kier alpha value is -1.55. The van der Waals surface area contributed by atoms with E-state index in [-0.39, 0.29) is 11.7 Å². The van der Waals surface area contributed by atoms with Crippen molar-refractivity contribution in [3.05, 3.63) is 35.9 Å². The second-order valence-electron chi connectivity index (χ2n) is 7.28. The number of benzene rings is 1. The number of carbonyl (C=O) groups is 1. The molecule has 2 rings (SSSR count). The van der Waals surface area contributed by atoms with Crippen LogP contribution in [0.1, 0.15) is 52.5 Å². The average molecular weight is 319 g/mol. The first-order valence-electron chi connectivity index (χ1n) is 8.49. The molecule has 0 aromatic heterocycles. The van der Waals surface area contributed by atoms with Gasteiger partial charge < -0.3 is 14.4 Å². The maximum Gasteiger partial charge on any atom is 0.410 e. The number of piperidine rings is 1. The molecule has 1 aromatic rings. The van der Waals surface area contributed by atoms with E-state index in [2.05, 4.69) is 19.1 Å². The monoisotopic (exact) mass is 319 g/mol. The number of ether oxygens (including phenoxy) is 2. The van der Waals surface area contributed by atoms with Crippen LogP contribution in [0.15, 0.2) is 30.3 Å². The van der Waals surface area contributed by atoms with Crippen molar-refractivity contribution >= 4 is 6.09 Å². The first kappa shape index (κ1) is 17.8. The second kappa shape index (κ2) is 7.35. The smallest absolute Gasteiger partial charge is 0.410 e. The lowest BCUT2D eigenvalue weighted by Gasteiger charge is -2.41. The normalized spacial score (nSPS) is 17.8. The standard InChI is InChI=1S/C19H29NO3/c1-5-19(22-15-16-9-7-6-8-10-16)11-13-20(14-12-19)17(21)23-18(2,3)4/h6-10H,5,11-15H2,1-4H3. The van der Waals surface area contributed by atoms with Crippen molar-refractivity contribution in [3.63, 3.8) is 0 Å². The van der Waals surface area contributed by atoms with E-state index in [4.69, 9.17) is 9.47 Å². The molecule has 1 aliphatic heterocycles. The van der Waals surface area contributed by atoms with Crippen LogP contribution in [0.2, 0.25) is 0 Å². The molecule has 23 heavy (non-hydrogen) atoms. The van der Waals surface area contributed by atoms with E-state index >= 15 is 0 Å². The molecule has 4 nitrogen and oxygen atoms in total. The zero-order valence-corrected chi connectivity index (χ0v) is 14.8. The van der Waals surface area contributed by atoms with Gasteiger partial charge in [-0.15, -0.1) is 0 Å². The summed E-state index contributed by atoms with van der Waals surface area (Å²) in [5, 5.41) is 0. The van der Waals surface area contributed by atoms with Crippen LogP contribution in [0.25, 0.3) is 0 Å². The fraction of sp³-hybridized carbons (Fsp3) is 0.632. The summed E-state index contributed by atoms with van der Waals surface area (Å²) in [7, 11) is 0. The molecule has 1 amide bonds. The van der Waals surface area contributed by atoms with Gasteiger partial charge in [0.05, 0.1) is 12.2 Å². The summed E-state index contributed by atoms with van der Waals surface area (Å²) in [6.07, 6.45) is 2.46. The van der Waals surface area contributed by atoms with E-state index in [0.29, 0.717) is 19.7 Å². The zero-order chi connectivity index (χ0) is 16.9. The van der Waals surface area contributed by atoms with Gasteiger partial charge >= 0.3 is 6.09 Å². The van der Waals surface area contributed by atoms with Gasteiger partial charge in [-0.05, 0) is 45.6 Å². The van der Waals surface area contributed by atoms with Crippen molar-refractivity contribution in [1.29, 1.82) is 0 Å². The summed E-state index contributed by atoms with van der Waals surface area (Å²) >= 11 is 0. The second-order valence-corrected chi connectivity index (χ2v) is 7.28. The molecule has 0 unspecified atom stereocenters. The minimum Gasteiger partial charge on any atom is -0.444 e. The Morgan fingerprint density at radius 3 is 2.30 bits per heavy atom. The lowest BCUT2D eigenvalue weighted by atomic mass is 9.88. The highest BCUT2D eigenvalue weighted by atomic mass is 16.6. The molecule has 4 heteroatoms. The van der Waals surface area contributed by atoms with Crippen molar-refractivity contribution in [2.24, 2.45) is 0 Å². The molecular weight excluding hydrogens is 290 g/mol. The quantitative estimate of drug-likeness (QED) is 0.826. The number of likely N-dealkylation sites (tertiary alicyclic amines) is 1. The Labute approximate surface area is 139 Å². The van der Waals surface area contributed by atoms with Crippen LogP contribution in [0.4, 0.5) is 4.79 Å².